The molecule has 1 aliphatic heterocycles. The lowest BCUT2D eigenvalue weighted by molar-refractivity contribution is -0.159. The van der Waals surface area contributed by atoms with Crippen molar-refractivity contribution in [3.8, 4) is 0 Å². The Labute approximate surface area is 212 Å². The number of thiazole rings is 1. The van der Waals surface area contributed by atoms with Crippen molar-refractivity contribution in [2.75, 3.05) is 43.4 Å². The fourth-order valence-corrected chi connectivity index (χ4v) is 5.61. The van der Waals surface area contributed by atoms with Crippen molar-refractivity contribution in [2.45, 2.75) is 5.25 Å². The van der Waals surface area contributed by atoms with Crippen LogP contribution >= 0.6 is 34.7 Å². The third-order valence-corrected chi connectivity index (χ3v) is 7.59. The Morgan fingerprint density at radius 1 is 0.971 bits per heavy atom. The second-order valence-corrected chi connectivity index (χ2v) is 9.99. The minimum absolute atomic E-state index is 0.343. The van der Waals surface area contributed by atoms with Gasteiger partial charge in [-0.3, -0.25) is 4.90 Å². The van der Waals surface area contributed by atoms with E-state index in [9.17, 15) is 0 Å². The lowest BCUT2D eigenvalue weighted by Gasteiger charge is -2.34. The van der Waals surface area contributed by atoms with Crippen LogP contribution in [0.15, 0.2) is 66.2 Å². The molecule has 1 aliphatic rings. The summed E-state index contributed by atoms with van der Waals surface area (Å²) in [5, 5.41) is 19.1. The van der Waals surface area contributed by atoms with Gasteiger partial charge in [-0.2, -0.15) is 0 Å². The Morgan fingerprint density at radius 2 is 1.59 bits per heavy atom. The topological polar surface area (TPSA) is 94.0 Å². The van der Waals surface area contributed by atoms with Crippen LogP contribution < -0.4 is 4.90 Å². The fraction of sp³-hybridized carbons (Fsp3) is 0.292. The lowest BCUT2D eigenvalue weighted by Crippen LogP contribution is -2.47. The van der Waals surface area contributed by atoms with Gasteiger partial charge >= 0.3 is 11.9 Å². The minimum Gasteiger partial charge on any atom is -0.473 e. The van der Waals surface area contributed by atoms with Crippen molar-refractivity contribution in [3.63, 3.8) is 0 Å². The van der Waals surface area contributed by atoms with E-state index in [1.807, 2.05) is 30.1 Å². The smallest absolute Gasteiger partial charge is 0.414 e. The van der Waals surface area contributed by atoms with Crippen molar-refractivity contribution in [2.24, 2.45) is 0 Å². The van der Waals surface area contributed by atoms with Gasteiger partial charge < -0.3 is 15.1 Å². The molecule has 0 amide bonds. The summed E-state index contributed by atoms with van der Waals surface area (Å²) in [6.07, 6.45) is 1.89. The van der Waals surface area contributed by atoms with Crippen LogP contribution in [0.25, 0.3) is 0 Å². The maximum absolute atomic E-state index is 9.10. The molecule has 34 heavy (non-hydrogen) atoms. The second kappa shape index (κ2) is 13.3. The monoisotopic (exact) mass is 519 g/mol. The van der Waals surface area contributed by atoms with E-state index in [-0.39, 0.29) is 0 Å². The molecule has 2 N–H and O–H groups in total. The summed E-state index contributed by atoms with van der Waals surface area (Å²) in [5.41, 5.74) is 2.66. The van der Waals surface area contributed by atoms with Crippen LogP contribution in [0.2, 0.25) is 5.02 Å². The Bertz CT molecular complexity index is 1020. The lowest BCUT2D eigenvalue weighted by atomic mass is 10.0. The van der Waals surface area contributed by atoms with Crippen LogP contribution in [0.3, 0.4) is 0 Å². The summed E-state index contributed by atoms with van der Waals surface area (Å²) in [4.78, 5) is 27.6. The largest absolute Gasteiger partial charge is 0.473 e. The van der Waals surface area contributed by atoms with Gasteiger partial charge in [-0.25, -0.2) is 14.6 Å². The second-order valence-electron chi connectivity index (χ2n) is 7.47. The van der Waals surface area contributed by atoms with Crippen LogP contribution in [0, 0.1) is 0 Å². The fourth-order valence-electron chi connectivity index (χ4n) is 3.48. The van der Waals surface area contributed by atoms with Crippen LogP contribution in [0.1, 0.15) is 16.4 Å². The molecule has 3 aromatic rings. The molecule has 4 rings (SSSR count). The van der Waals surface area contributed by atoms with E-state index in [1.54, 1.807) is 11.3 Å². The van der Waals surface area contributed by atoms with E-state index in [4.69, 9.17) is 31.4 Å². The van der Waals surface area contributed by atoms with Gasteiger partial charge in [0.2, 0.25) is 0 Å². The van der Waals surface area contributed by atoms with E-state index in [0.717, 1.165) is 48.6 Å². The molecule has 10 heteroatoms. The number of carboxylic acid groups (broad SMARTS) is 2. The Hall–Kier alpha value is -2.59. The first-order valence-corrected chi connectivity index (χ1v) is 13.0. The molecule has 1 unspecified atom stereocenters. The molecule has 0 bridgehead atoms. The van der Waals surface area contributed by atoms with Gasteiger partial charge in [-0.1, -0.05) is 54.1 Å². The third kappa shape index (κ3) is 8.02. The van der Waals surface area contributed by atoms with Crippen molar-refractivity contribution in [1.29, 1.82) is 0 Å². The number of nitrogens with zero attached hydrogens (tertiary/aromatic N) is 3. The molecular formula is C24H26ClN3O4S2. The number of benzene rings is 2. The quantitative estimate of drug-likeness (QED) is 0.437. The maximum Gasteiger partial charge on any atom is 0.414 e. The van der Waals surface area contributed by atoms with Gasteiger partial charge in [0.15, 0.2) is 5.13 Å². The summed E-state index contributed by atoms with van der Waals surface area (Å²) in [7, 11) is 0. The SMILES string of the molecule is Clc1ccc(C(SCCN2CCN(c3nccs3)CC2)c2ccccc2)cc1.O=C(O)C(=O)O. The number of hydrogen-bond donors (Lipinski definition) is 2. The van der Waals surface area contributed by atoms with Gasteiger partial charge in [0.25, 0.3) is 0 Å². The van der Waals surface area contributed by atoms with E-state index >= 15 is 0 Å². The normalized spacial score (nSPS) is 14.7. The van der Waals surface area contributed by atoms with E-state index < -0.39 is 11.9 Å². The first kappa shape index (κ1) is 26.0. The molecule has 1 fully saturated rings. The number of piperazine rings is 1. The number of aromatic nitrogens is 1. The predicted octanol–water partition coefficient (Wildman–Crippen LogP) is 4.60. The first-order chi connectivity index (χ1) is 16.4. The van der Waals surface area contributed by atoms with Crippen LogP contribution in [-0.4, -0.2) is 70.5 Å². The van der Waals surface area contributed by atoms with Crippen LogP contribution in [0.5, 0.6) is 0 Å². The predicted molar refractivity (Wildman–Crippen MR) is 138 cm³/mol. The zero-order valence-electron chi connectivity index (χ0n) is 18.4. The van der Waals surface area contributed by atoms with Crippen LogP contribution in [0.4, 0.5) is 5.13 Å². The van der Waals surface area contributed by atoms with Gasteiger partial charge in [0, 0.05) is 55.1 Å². The number of halogens is 1. The molecule has 2 aromatic carbocycles. The summed E-state index contributed by atoms with van der Waals surface area (Å²) >= 11 is 9.84. The standard InChI is InChI=1S/C22H24ClN3S2.C2H2O4/c23-20-8-6-19(7-9-20)21(18-4-2-1-3-5-18)27-17-15-25-11-13-26(14-12-25)22-24-10-16-28-22;3-1(4)2(5)6/h1-10,16,21H,11-15,17H2;(H,3,4)(H,5,6). The average molecular weight is 520 g/mol. The summed E-state index contributed by atoms with van der Waals surface area (Å²) in [5.74, 6) is -2.54. The third-order valence-electron chi connectivity index (χ3n) is 5.21. The number of aliphatic carboxylic acids is 2. The minimum atomic E-state index is -1.82. The van der Waals surface area contributed by atoms with Crippen molar-refractivity contribution in [1.82, 2.24) is 9.88 Å². The Balaban J connectivity index is 0.000000481. The molecule has 1 saturated heterocycles. The molecule has 1 aromatic heterocycles. The molecule has 0 radical (unpaired) electrons. The Kier molecular flexibility index (Phi) is 10.2. The highest BCUT2D eigenvalue weighted by molar-refractivity contribution is 7.99. The van der Waals surface area contributed by atoms with Gasteiger partial charge in [-0.05, 0) is 23.3 Å². The molecule has 1 atom stereocenters. The number of thioether (sulfide) groups is 1. The number of hydrogen-bond acceptors (Lipinski definition) is 7. The molecule has 180 valence electrons. The molecule has 0 spiro atoms. The number of anilines is 1. The van der Waals surface area contributed by atoms with E-state index in [2.05, 4.69) is 62.6 Å². The number of rotatable bonds is 7. The zero-order chi connectivity index (χ0) is 24.3. The highest BCUT2D eigenvalue weighted by Gasteiger charge is 2.20. The number of carbonyl (C=O) groups is 2. The highest BCUT2D eigenvalue weighted by Crippen LogP contribution is 2.36. The first-order valence-electron chi connectivity index (χ1n) is 10.7. The molecule has 0 aliphatic carbocycles. The van der Waals surface area contributed by atoms with Crippen molar-refractivity contribution in [3.05, 3.63) is 82.3 Å². The summed E-state index contributed by atoms with van der Waals surface area (Å²) < 4.78 is 0. The van der Waals surface area contributed by atoms with E-state index in [1.165, 1.54) is 11.1 Å². The van der Waals surface area contributed by atoms with Crippen LogP contribution in [-0.2, 0) is 9.59 Å². The van der Waals surface area contributed by atoms with Gasteiger partial charge in [0.05, 0.1) is 5.25 Å². The highest BCUT2D eigenvalue weighted by atomic mass is 35.5. The molecule has 7 nitrogen and oxygen atoms in total. The molecule has 0 saturated carbocycles. The van der Waals surface area contributed by atoms with Crippen molar-refractivity contribution >= 4 is 51.8 Å². The zero-order valence-corrected chi connectivity index (χ0v) is 20.8. The molecule has 2 heterocycles. The number of carboxylic acids is 2. The van der Waals surface area contributed by atoms with E-state index in [0.29, 0.717) is 5.25 Å². The Morgan fingerprint density at radius 3 is 2.15 bits per heavy atom. The maximum atomic E-state index is 9.10. The van der Waals surface area contributed by atoms with Gasteiger partial charge in [-0.15, -0.1) is 23.1 Å². The molecular weight excluding hydrogens is 494 g/mol. The average Bonchev–Trinajstić information content (AvgIpc) is 3.39. The summed E-state index contributed by atoms with van der Waals surface area (Å²) in [6, 6.07) is 19.1. The van der Waals surface area contributed by atoms with Gasteiger partial charge in [0.1, 0.15) is 0 Å². The summed E-state index contributed by atoms with van der Waals surface area (Å²) in [6.45, 7) is 5.47. The van der Waals surface area contributed by atoms with Crippen molar-refractivity contribution < 1.29 is 19.8 Å².